The average molecular weight is 296 g/mol. The fraction of sp³-hybridized carbons (Fsp3) is 0.357. The van der Waals surface area contributed by atoms with Crippen LogP contribution in [0.25, 0.3) is 0 Å². The van der Waals surface area contributed by atoms with Gasteiger partial charge in [-0.1, -0.05) is 31.2 Å². The quantitative estimate of drug-likeness (QED) is 0.776. The van der Waals surface area contributed by atoms with Gasteiger partial charge in [-0.15, -0.1) is 6.58 Å². The molecule has 1 N–H and O–H groups in total. The molecule has 110 valence electrons. The molecule has 0 saturated heterocycles. The topological polar surface area (TPSA) is 66.5 Å². The predicted molar refractivity (Wildman–Crippen MR) is 81.1 cm³/mol. The van der Waals surface area contributed by atoms with Gasteiger partial charge in [0.15, 0.2) is 0 Å². The first-order valence-electron chi connectivity index (χ1n) is 6.34. The fourth-order valence-corrected chi connectivity index (χ4v) is 3.14. The minimum absolute atomic E-state index is 0.307. The zero-order chi connectivity index (χ0) is 15.2. The number of carbonyl (C=O) groups is 1. The van der Waals surface area contributed by atoms with Gasteiger partial charge in [-0.3, -0.25) is 9.10 Å². The van der Waals surface area contributed by atoms with Crippen LogP contribution in [0.2, 0.25) is 0 Å². The number of hydrogen-bond acceptors (Lipinski definition) is 3. The smallest absolute Gasteiger partial charge is 0.244 e. The first-order valence-corrected chi connectivity index (χ1v) is 8.19. The maximum Gasteiger partial charge on any atom is 0.244 e. The van der Waals surface area contributed by atoms with Crippen LogP contribution in [0.15, 0.2) is 43.0 Å². The standard InChI is InChI=1S/C14H20N2O3S/c1-4-11-15-14(17)13(5-2)16(20(3,18)19)12-9-7-6-8-10-12/h4,6-10,13H,1,5,11H2,2-3H3,(H,15,17). The van der Waals surface area contributed by atoms with E-state index in [9.17, 15) is 13.2 Å². The summed E-state index contributed by atoms with van der Waals surface area (Å²) in [7, 11) is -3.55. The third-order valence-corrected chi connectivity index (χ3v) is 3.94. The van der Waals surface area contributed by atoms with Crippen LogP contribution >= 0.6 is 0 Å². The summed E-state index contributed by atoms with van der Waals surface area (Å²) < 4.78 is 25.2. The Bertz CT molecular complexity index is 555. The summed E-state index contributed by atoms with van der Waals surface area (Å²) in [5, 5.41) is 2.64. The van der Waals surface area contributed by atoms with Crippen molar-refractivity contribution in [3.05, 3.63) is 43.0 Å². The van der Waals surface area contributed by atoms with Crippen LogP contribution in [0.1, 0.15) is 13.3 Å². The molecule has 1 aromatic rings. The van der Waals surface area contributed by atoms with Gasteiger partial charge in [-0.25, -0.2) is 8.42 Å². The Balaban J connectivity index is 3.16. The lowest BCUT2D eigenvalue weighted by Crippen LogP contribution is -2.49. The number of rotatable bonds is 7. The summed E-state index contributed by atoms with van der Waals surface area (Å²) in [6.07, 6.45) is 3.03. The minimum atomic E-state index is -3.55. The van der Waals surface area contributed by atoms with E-state index in [0.29, 0.717) is 18.7 Å². The Morgan fingerprint density at radius 2 is 2.00 bits per heavy atom. The highest BCUT2D eigenvalue weighted by atomic mass is 32.2. The summed E-state index contributed by atoms with van der Waals surface area (Å²) >= 11 is 0. The molecular weight excluding hydrogens is 276 g/mol. The Morgan fingerprint density at radius 3 is 2.45 bits per heavy atom. The van der Waals surface area contributed by atoms with Gasteiger partial charge in [0.05, 0.1) is 11.9 Å². The Hall–Kier alpha value is -1.82. The molecule has 0 radical (unpaired) electrons. The lowest BCUT2D eigenvalue weighted by molar-refractivity contribution is -0.122. The maximum atomic E-state index is 12.1. The maximum absolute atomic E-state index is 12.1. The lowest BCUT2D eigenvalue weighted by atomic mass is 10.2. The summed E-state index contributed by atoms with van der Waals surface area (Å²) in [6, 6.07) is 7.84. The van der Waals surface area contributed by atoms with Crippen molar-refractivity contribution in [1.29, 1.82) is 0 Å². The van der Waals surface area contributed by atoms with Gasteiger partial charge in [-0.05, 0) is 18.6 Å². The normalized spacial score (nSPS) is 12.5. The number of carbonyl (C=O) groups excluding carboxylic acids is 1. The molecule has 1 atom stereocenters. The zero-order valence-corrected chi connectivity index (χ0v) is 12.6. The molecule has 5 nitrogen and oxygen atoms in total. The van der Waals surface area contributed by atoms with E-state index in [1.54, 1.807) is 43.3 Å². The molecule has 1 unspecified atom stereocenters. The molecule has 1 amide bonds. The monoisotopic (exact) mass is 296 g/mol. The molecule has 0 aliphatic heterocycles. The van der Waals surface area contributed by atoms with E-state index < -0.39 is 16.1 Å². The van der Waals surface area contributed by atoms with Gasteiger partial charge in [0.2, 0.25) is 15.9 Å². The van der Waals surface area contributed by atoms with E-state index in [1.807, 2.05) is 0 Å². The molecule has 20 heavy (non-hydrogen) atoms. The molecule has 0 fully saturated rings. The number of anilines is 1. The van der Waals surface area contributed by atoms with E-state index >= 15 is 0 Å². The van der Waals surface area contributed by atoms with Crippen molar-refractivity contribution in [2.45, 2.75) is 19.4 Å². The van der Waals surface area contributed by atoms with Gasteiger partial charge in [-0.2, -0.15) is 0 Å². The van der Waals surface area contributed by atoms with Crippen LogP contribution in [0.5, 0.6) is 0 Å². The number of benzene rings is 1. The number of para-hydroxylation sites is 1. The summed E-state index contributed by atoms with van der Waals surface area (Å²) in [5.41, 5.74) is 0.482. The fourth-order valence-electron chi connectivity index (χ4n) is 1.93. The van der Waals surface area contributed by atoms with Crippen molar-refractivity contribution in [1.82, 2.24) is 5.32 Å². The first-order chi connectivity index (χ1) is 9.41. The predicted octanol–water partition coefficient (Wildman–Crippen LogP) is 1.53. The van der Waals surface area contributed by atoms with Gasteiger partial charge >= 0.3 is 0 Å². The molecule has 0 heterocycles. The van der Waals surface area contributed by atoms with Crippen molar-refractivity contribution in [3.8, 4) is 0 Å². The second-order valence-electron chi connectivity index (χ2n) is 4.35. The highest BCUT2D eigenvalue weighted by Gasteiger charge is 2.30. The lowest BCUT2D eigenvalue weighted by Gasteiger charge is -2.29. The van der Waals surface area contributed by atoms with Crippen molar-refractivity contribution in [2.24, 2.45) is 0 Å². The molecule has 0 saturated carbocycles. The molecule has 0 aromatic heterocycles. The number of sulfonamides is 1. The van der Waals surface area contributed by atoms with Crippen LogP contribution in [0, 0.1) is 0 Å². The van der Waals surface area contributed by atoms with Gasteiger partial charge in [0, 0.05) is 6.54 Å². The second-order valence-corrected chi connectivity index (χ2v) is 6.21. The van der Waals surface area contributed by atoms with Gasteiger partial charge in [0.25, 0.3) is 0 Å². The van der Waals surface area contributed by atoms with E-state index in [2.05, 4.69) is 11.9 Å². The highest BCUT2D eigenvalue weighted by molar-refractivity contribution is 7.92. The van der Waals surface area contributed by atoms with E-state index in [1.165, 1.54) is 0 Å². The molecule has 1 rings (SSSR count). The molecule has 0 bridgehead atoms. The third-order valence-electron chi connectivity index (χ3n) is 2.76. The minimum Gasteiger partial charge on any atom is -0.351 e. The van der Waals surface area contributed by atoms with E-state index in [4.69, 9.17) is 0 Å². The summed E-state index contributed by atoms with van der Waals surface area (Å²) in [5.74, 6) is -0.332. The van der Waals surface area contributed by atoms with Crippen molar-refractivity contribution >= 4 is 21.6 Å². The first kappa shape index (κ1) is 16.2. The van der Waals surface area contributed by atoms with Crippen LogP contribution in [-0.2, 0) is 14.8 Å². The Labute approximate surface area is 120 Å². The van der Waals surface area contributed by atoms with E-state index in [-0.39, 0.29) is 5.91 Å². The van der Waals surface area contributed by atoms with Crippen LogP contribution in [0.3, 0.4) is 0 Å². The van der Waals surface area contributed by atoms with E-state index in [0.717, 1.165) is 10.6 Å². The zero-order valence-electron chi connectivity index (χ0n) is 11.7. The van der Waals surface area contributed by atoms with Gasteiger partial charge in [0.1, 0.15) is 6.04 Å². The van der Waals surface area contributed by atoms with Crippen LogP contribution in [0.4, 0.5) is 5.69 Å². The van der Waals surface area contributed by atoms with Crippen LogP contribution < -0.4 is 9.62 Å². The van der Waals surface area contributed by atoms with Crippen molar-refractivity contribution in [3.63, 3.8) is 0 Å². The Kier molecular flexibility index (Phi) is 5.76. The Morgan fingerprint density at radius 1 is 1.40 bits per heavy atom. The summed E-state index contributed by atoms with van der Waals surface area (Å²) in [4.78, 5) is 12.1. The molecule has 1 aromatic carbocycles. The van der Waals surface area contributed by atoms with Crippen molar-refractivity contribution < 1.29 is 13.2 Å². The average Bonchev–Trinajstić information content (AvgIpc) is 2.41. The number of nitrogens with zero attached hydrogens (tertiary/aromatic N) is 1. The van der Waals surface area contributed by atoms with Crippen LogP contribution in [-0.4, -0.2) is 33.2 Å². The molecule has 6 heteroatoms. The second kappa shape index (κ2) is 7.09. The molecule has 0 aliphatic carbocycles. The number of nitrogens with one attached hydrogen (secondary N) is 1. The number of hydrogen-bond donors (Lipinski definition) is 1. The third kappa shape index (κ3) is 4.09. The molecule has 0 spiro atoms. The van der Waals surface area contributed by atoms with Crippen molar-refractivity contribution in [2.75, 3.05) is 17.1 Å². The SMILES string of the molecule is C=CCNC(=O)C(CC)N(c1ccccc1)S(C)(=O)=O. The van der Waals surface area contributed by atoms with Gasteiger partial charge < -0.3 is 5.32 Å². The molecule has 0 aliphatic rings. The number of amides is 1. The molecular formula is C14H20N2O3S. The highest BCUT2D eigenvalue weighted by Crippen LogP contribution is 2.21. The largest absolute Gasteiger partial charge is 0.351 e. The summed E-state index contributed by atoms with van der Waals surface area (Å²) in [6.45, 7) is 5.61.